The SMILES string of the molecule is CCC1COCCN1C(CN)c1ccccc1C. The van der Waals surface area contributed by atoms with E-state index in [2.05, 4.69) is 43.0 Å². The van der Waals surface area contributed by atoms with E-state index in [1.54, 1.807) is 0 Å². The summed E-state index contributed by atoms with van der Waals surface area (Å²) in [6, 6.07) is 9.37. The lowest BCUT2D eigenvalue weighted by molar-refractivity contribution is -0.0292. The summed E-state index contributed by atoms with van der Waals surface area (Å²) >= 11 is 0. The molecule has 0 aromatic heterocycles. The van der Waals surface area contributed by atoms with Gasteiger partial charge >= 0.3 is 0 Å². The standard InChI is InChI=1S/C15H24N2O/c1-3-13-11-18-9-8-17(13)15(10-16)14-7-5-4-6-12(14)2/h4-7,13,15H,3,8-11,16H2,1-2H3. The van der Waals surface area contributed by atoms with Crippen molar-refractivity contribution in [2.75, 3.05) is 26.3 Å². The maximum atomic E-state index is 6.04. The summed E-state index contributed by atoms with van der Waals surface area (Å²) in [5, 5.41) is 0. The van der Waals surface area contributed by atoms with Gasteiger partial charge in [0, 0.05) is 25.2 Å². The first-order chi connectivity index (χ1) is 8.77. The molecule has 1 aliphatic heterocycles. The zero-order valence-corrected chi connectivity index (χ0v) is 11.4. The number of nitrogens with two attached hydrogens (primary N) is 1. The molecule has 0 bridgehead atoms. The third-order valence-electron chi connectivity index (χ3n) is 3.92. The summed E-state index contributed by atoms with van der Waals surface area (Å²) in [6.07, 6.45) is 1.11. The summed E-state index contributed by atoms with van der Waals surface area (Å²) in [5.41, 5.74) is 8.73. The second kappa shape index (κ2) is 6.32. The van der Waals surface area contributed by atoms with Crippen LogP contribution in [0.4, 0.5) is 0 Å². The third-order valence-corrected chi connectivity index (χ3v) is 3.92. The van der Waals surface area contributed by atoms with Crippen molar-refractivity contribution < 1.29 is 4.74 Å². The van der Waals surface area contributed by atoms with E-state index in [-0.39, 0.29) is 0 Å². The lowest BCUT2D eigenvalue weighted by Crippen LogP contribution is -2.48. The molecule has 1 fully saturated rings. The van der Waals surface area contributed by atoms with Crippen LogP contribution in [0.5, 0.6) is 0 Å². The molecule has 1 aromatic rings. The highest BCUT2D eigenvalue weighted by molar-refractivity contribution is 5.29. The molecule has 0 saturated carbocycles. The minimum absolute atomic E-state index is 0.319. The summed E-state index contributed by atoms with van der Waals surface area (Å²) in [6.45, 7) is 7.69. The highest BCUT2D eigenvalue weighted by Gasteiger charge is 2.29. The molecule has 0 spiro atoms. The fourth-order valence-corrected chi connectivity index (χ4v) is 2.83. The summed E-state index contributed by atoms with van der Waals surface area (Å²) in [4.78, 5) is 2.52. The van der Waals surface area contributed by atoms with Crippen molar-refractivity contribution in [1.82, 2.24) is 4.90 Å². The number of morpholine rings is 1. The molecule has 0 aliphatic carbocycles. The van der Waals surface area contributed by atoms with E-state index in [1.807, 2.05) is 0 Å². The van der Waals surface area contributed by atoms with E-state index in [1.165, 1.54) is 11.1 Å². The average molecular weight is 248 g/mol. The van der Waals surface area contributed by atoms with Crippen LogP contribution in [0.2, 0.25) is 0 Å². The topological polar surface area (TPSA) is 38.5 Å². The molecule has 2 atom stereocenters. The number of hydrogen-bond donors (Lipinski definition) is 1. The van der Waals surface area contributed by atoms with Crippen molar-refractivity contribution in [2.45, 2.75) is 32.4 Å². The predicted octanol–water partition coefficient (Wildman–Crippen LogP) is 2.11. The fourth-order valence-electron chi connectivity index (χ4n) is 2.83. The van der Waals surface area contributed by atoms with E-state index in [4.69, 9.17) is 10.5 Å². The van der Waals surface area contributed by atoms with Gasteiger partial charge in [0.25, 0.3) is 0 Å². The second-order valence-corrected chi connectivity index (χ2v) is 4.98. The van der Waals surface area contributed by atoms with Gasteiger partial charge in [-0.3, -0.25) is 4.90 Å². The van der Waals surface area contributed by atoms with Gasteiger partial charge in [0.15, 0.2) is 0 Å². The van der Waals surface area contributed by atoms with Crippen LogP contribution in [0.3, 0.4) is 0 Å². The molecule has 1 saturated heterocycles. The fraction of sp³-hybridized carbons (Fsp3) is 0.600. The largest absolute Gasteiger partial charge is 0.378 e. The quantitative estimate of drug-likeness (QED) is 0.887. The predicted molar refractivity (Wildman–Crippen MR) is 74.6 cm³/mol. The number of hydrogen-bond acceptors (Lipinski definition) is 3. The van der Waals surface area contributed by atoms with Gasteiger partial charge in [0.2, 0.25) is 0 Å². The first-order valence-corrected chi connectivity index (χ1v) is 6.87. The molecule has 2 unspecified atom stereocenters. The van der Waals surface area contributed by atoms with Gasteiger partial charge in [0.05, 0.1) is 13.2 Å². The van der Waals surface area contributed by atoms with Crippen molar-refractivity contribution >= 4 is 0 Å². The lowest BCUT2D eigenvalue weighted by Gasteiger charge is -2.41. The zero-order valence-electron chi connectivity index (χ0n) is 11.4. The zero-order chi connectivity index (χ0) is 13.0. The van der Waals surface area contributed by atoms with Crippen LogP contribution in [-0.4, -0.2) is 37.2 Å². The normalized spacial score (nSPS) is 22.9. The van der Waals surface area contributed by atoms with E-state index in [0.717, 1.165) is 26.2 Å². The van der Waals surface area contributed by atoms with Crippen molar-refractivity contribution in [2.24, 2.45) is 5.73 Å². The molecule has 3 heteroatoms. The smallest absolute Gasteiger partial charge is 0.0622 e. The minimum Gasteiger partial charge on any atom is -0.378 e. The first kappa shape index (κ1) is 13.5. The Morgan fingerprint density at radius 2 is 2.22 bits per heavy atom. The Morgan fingerprint density at radius 1 is 1.44 bits per heavy atom. The van der Waals surface area contributed by atoms with Gasteiger partial charge in [-0.05, 0) is 24.5 Å². The average Bonchev–Trinajstić information content (AvgIpc) is 2.42. The first-order valence-electron chi connectivity index (χ1n) is 6.87. The van der Waals surface area contributed by atoms with Crippen LogP contribution in [0.25, 0.3) is 0 Å². The van der Waals surface area contributed by atoms with Crippen LogP contribution in [0.1, 0.15) is 30.5 Å². The Morgan fingerprint density at radius 3 is 2.89 bits per heavy atom. The number of benzene rings is 1. The molecule has 3 nitrogen and oxygen atoms in total. The molecule has 2 N–H and O–H groups in total. The van der Waals surface area contributed by atoms with Gasteiger partial charge in [0.1, 0.15) is 0 Å². The number of rotatable bonds is 4. The number of nitrogens with zero attached hydrogens (tertiary/aromatic N) is 1. The van der Waals surface area contributed by atoms with Gasteiger partial charge in [-0.15, -0.1) is 0 Å². The third kappa shape index (κ3) is 2.74. The molecular weight excluding hydrogens is 224 g/mol. The van der Waals surface area contributed by atoms with Crippen LogP contribution < -0.4 is 5.73 Å². The van der Waals surface area contributed by atoms with Gasteiger partial charge in [-0.1, -0.05) is 31.2 Å². The number of ether oxygens (including phenoxy) is 1. The van der Waals surface area contributed by atoms with Crippen LogP contribution in [0.15, 0.2) is 24.3 Å². The van der Waals surface area contributed by atoms with Gasteiger partial charge < -0.3 is 10.5 Å². The van der Waals surface area contributed by atoms with Crippen LogP contribution in [-0.2, 0) is 4.74 Å². The van der Waals surface area contributed by atoms with Crippen molar-refractivity contribution in [1.29, 1.82) is 0 Å². The van der Waals surface area contributed by atoms with E-state index in [0.29, 0.717) is 18.6 Å². The van der Waals surface area contributed by atoms with Crippen molar-refractivity contribution in [3.8, 4) is 0 Å². The van der Waals surface area contributed by atoms with Crippen LogP contribution >= 0.6 is 0 Å². The molecule has 0 amide bonds. The van der Waals surface area contributed by atoms with Crippen molar-refractivity contribution in [3.63, 3.8) is 0 Å². The van der Waals surface area contributed by atoms with Gasteiger partial charge in [-0.25, -0.2) is 0 Å². The van der Waals surface area contributed by atoms with E-state index in [9.17, 15) is 0 Å². The maximum absolute atomic E-state index is 6.04. The van der Waals surface area contributed by atoms with E-state index >= 15 is 0 Å². The maximum Gasteiger partial charge on any atom is 0.0622 e. The molecule has 2 rings (SSSR count). The van der Waals surface area contributed by atoms with Crippen LogP contribution in [0, 0.1) is 6.92 Å². The molecule has 1 heterocycles. The monoisotopic (exact) mass is 248 g/mol. The van der Waals surface area contributed by atoms with Gasteiger partial charge in [-0.2, -0.15) is 0 Å². The number of aryl methyl sites for hydroxylation is 1. The second-order valence-electron chi connectivity index (χ2n) is 4.98. The molecule has 1 aromatic carbocycles. The summed E-state index contributed by atoms with van der Waals surface area (Å²) < 4.78 is 5.58. The Balaban J connectivity index is 2.24. The van der Waals surface area contributed by atoms with Crippen molar-refractivity contribution in [3.05, 3.63) is 35.4 Å². The Hall–Kier alpha value is -0.900. The van der Waals surface area contributed by atoms with E-state index < -0.39 is 0 Å². The molecule has 0 radical (unpaired) electrons. The highest BCUT2D eigenvalue weighted by Crippen LogP contribution is 2.27. The molecule has 100 valence electrons. The summed E-state index contributed by atoms with van der Waals surface area (Å²) in [7, 11) is 0. The highest BCUT2D eigenvalue weighted by atomic mass is 16.5. The summed E-state index contributed by atoms with van der Waals surface area (Å²) in [5.74, 6) is 0. The Kier molecular flexibility index (Phi) is 4.75. The molecule has 18 heavy (non-hydrogen) atoms. The Bertz CT molecular complexity index is 381. The molecular formula is C15H24N2O. The minimum atomic E-state index is 0.319. The lowest BCUT2D eigenvalue weighted by atomic mass is 9.97. The molecule has 1 aliphatic rings. The Labute approximate surface area is 110 Å².